The maximum atomic E-state index is 12.3. The third-order valence-corrected chi connectivity index (χ3v) is 4.26. The van der Waals surface area contributed by atoms with Crippen LogP contribution in [0.3, 0.4) is 0 Å². The number of primary amides is 1. The fourth-order valence-electron chi connectivity index (χ4n) is 3.42. The van der Waals surface area contributed by atoms with Crippen molar-refractivity contribution in [2.45, 2.75) is 70.0 Å². The molecule has 0 bridgehead atoms. The number of carbonyl (C=O) groups is 2. The summed E-state index contributed by atoms with van der Waals surface area (Å²) in [4.78, 5) is 23.2. The van der Waals surface area contributed by atoms with Crippen molar-refractivity contribution in [1.29, 1.82) is 0 Å². The molecule has 5 nitrogen and oxygen atoms in total. The van der Waals surface area contributed by atoms with Gasteiger partial charge in [-0.2, -0.15) is 0 Å². The van der Waals surface area contributed by atoms with Gasteiger partial charge in [0, 0.05) is 18.0 Å². The van der Waals surface area contributed by atoms with Crippen LogP contribution < -0.4 is 16.4 Å². The second kappa shape index (κ2) is 5.49. The Bertz CT molecular complexity index is 354. The van der Waals surface area contributed by atoms with E-state index in [9.17, 15) is 9.59 Å². The first-order chi connectivity index (χ1) is 8.87. The van der Waals surface area contributed by atoms with Crippen LogP contribution >= 0.6 is 0 Å². The predicted molar refractivity (Wildman–Crippen MR) is 73.3 cm³/mol. The van der Waals surface area contributed by atoms with Crippen LogP contribution in [0, 0.1) is 5.92 Å². The Morgan fingerprint density at radius 1 is 1.32 bits per heavy atom. The molecule has 0 aromatic rings. The highest BCUT2D eigenvalue weighted by Crippen LogP contribution is 2.33. The number of hydrogen-bond acceptors (Lipinski definition) is 3. The largest absolute Gasteiger partial charge is 0.370 e. The lowest BCUT2D eigenvalue weighted by Gasteiger charge is -2.27. The Hall–Kier alpha value is -1.10. The van der Waals surface area contributed by atoms with E-state index in [1.54, 1.807) is 0 Å². The van der Waals surface area contributed by atoms with Gasteiger partial charge in [-0.15, -0.1) is 0 Å². The van der Waals surface area contributed by atoms with Crippen molar-refractivity contribution < 1.29 is 9.59 Å². The van der Waals surface area contributed by atoms with Gasteiger partial charge in [-0.05, 0) is 39.0 Å². The van der Waals surface area contributed by atoms with Crippen LogP contribution in [0.5, 0.6) is 0 Å². The van der Waals surface area contributed by atoms with Gasteiger partial charge in [0.25, 0.3) is 0 Å². The molecule has 19 heavy (non-hydrogen) atoms. The first kappa shape index (κ1) is 14.3. The van der Waals surface area contributed by atoms with Crippen molar-refractivity contribution in [3.63, 3.8) is 0 Å². The fourth-order valence-corrected chi connectivity index (χ4v) is 3.42. The summed E-state index contributed by atoms with van der Waals surface area (Å²) in [5, 5.41) is 6.38. The van der Waals surface area contributed by atoms with Gasteiger partial charge in [-0.1, -0.05) is 12.8 Å². The maximum absolute atomic E-state index is 12.3. The molecular formula is C14H25N3O2. The standard InChI is InChI=1S/C14H25N3O2/c1-14(2,8-12(15)18)17-13(19)11-7-9-5-3-4-6-10(9)16-11/h9-11,16H,3-8H2,1-2H3,(H2,15,18)(H,17,19). The van der Waals surface area contributed by atoms with Crippen LogP contribution in [0.1, 0.15) is 52.4 Å². The van der Waals surface area contributed by atoms with Crippen molar-refractivity contribution in [1.82, 2.24) is 10.6 Å². The van der Waals surface area contributed by atoms with Gasteiger partial charge in [0.2, 0.25) is 11.8 Å². The van der Waals surface area contributed by atoms with Crippen molar-refractivity contribution in [3.8, 4) is 0 Å². The van der Waals surface area contributed by atoms with E-state index in [0.717, 1.165) is 6.42 Å². The minimum absolute atomic E-state index is 0.000602. The van der Waals surface area contributed by atoms with E-state index >= 15 is 0 Å². The molecule has 0 aromatic heterocycles. The first-order valence-electron chi connectivity index (χ1n) is 7.24. The smallest absolute Gasteiger partial charge is 0.237 e. The van der Waals surface area contributed by atoms with Crippen LogP contribution in [0.4, 0.5) is 0 Å². The third-order valence-electron chi connectivity index (χ3n) is 4.26. The summed E-state index contributed by atoms with van der Waals surface area (Å²) in [6, 6.07) is 0.393. The molecule has 1 aliphatic carbocycles. The van der Waals surface area contributed by atoms with Gasteiger partial charge in [0.05, 0.1) is 6.04 Å². The normalized spacial score (nSPS) is 30.7. The first-order valence-corrected chi connectivity index (χ1v) is 7.24. The number of carbonyl (C=O) groups excluding carboxylic acids is 2. The maximum Gasteiger partial charge on any atom is 0.237 e. The molecule has 2 aliphatic rings. The zero-order valence-electron chi connectivity index (χ0n) is 11.9. The monoisotopic (exact) mass is 267 g/mol. The molecule has 108 valence electrons. The molecular weight excluding hydrogens is 242 g/mol. The molecule has 2 amide bonds. The molecule has 1 aliphatic heterocycles. The van der Waals surface area contributed by atoms with E-state index in [-0.39, 0.29) is 18.4 Å². The number of fused-ring (bicyclic) bond motifs is 1. The highest BCUT2D eigenvalue weighted by molar-refractivity contribution is 5.84. The average Bonchev–Trinajstić information content (AvgIpc) is 2.69. The molecule has 3 unspecified atom stereocenters. The quantitative estimate of drug-likeness (QED) is 0.700. The Labute approximate surface area is 114 Å². The Morgan fingerprint density at radius 3 is 2.63 bits per heavy atom. The van der Waals surface area contributed by atoms with E-state index in [2.05, 4.69) is 10.6 Å². The van der Waals surface area contributed by atoms with E-state index in [0.29, 0.717) is 12.0 Å². The summed E-state index contributed by atoms with van der Waals surface area (Å²) in [7, 11) is 0. The molecule has 1 saturated carbocycles. The molecule has 3 atom stereocenters. The topological polar surface area (TPSA) is 84.2 Å². The summed E-state index contributed by atoms with van der Waals surface area (Å²) >= 11 is 0. The van der Waals surface area contributed by atoms with Crippen LogP contribution in [-0.4, -0.2) is 29.4 Å². The third kappa shape index (κ3) is 3.69. The number of amides is 2. The highest BCUT2D eigenvalue weighted by Gasteiger charge is 2.39. The van der Waals surface area contributed by atoms with Gasteiger partial charge in [0.15, 0.2) is 0 Å². The second-order valence-corrected chi connectivity index (χ2v) is 6.62. The molecule has 5 heteroatoms. The summed E-state index contributed by atoms with van der Waals surface area (Å²) in [5.41, 5.74) is 4.63. The lowest BCUT2D eigenvalue weighted by Crippen LogP contribution is -2.52. The minimum atomic E-state index is -0.571. The summed E-state index contributed by atoms with van der Waals surface area (Å²) in [6.45, 7) is 3.66. The molecule has 1 heterocycles. The van der Waals surface area contributed by atoms with Gasteiger partial charge in [0.1, 0.15) is 0 Å². The number of rotatable bonds is 4. The lowest BCUT2D eigenvalue weighted by atomic mass is 9.85. The van der Waals surface area contributed by atoms with Crippen molar-refractivity contribution in [2.75, 3.05) is 0 Å². The summed E-state index contributed by atoms with van der Waals surface area (Å²) < 4.78 is 0. The summed E-state index contributed by atoms with van der Waals surface area (Å²) in [5.74, 6) is 0.253. The molecule has 0 spiro atoms. The van der Waals surface area contributed by atoms with Crippen LogP contribution in [0.2, 0.25) is 0 Å². The number of nitrogens with one attached hydrogen (secondary N) is 2. The number of nitrogens with two attached hydrogens (primary N) is 1. The van der Waals surface area contributed by atoms with Gasteiger partial charge in [-0.25, -0.2) is 0 Å². The molecule has 0 radical (unpaired) electrons. The van der Waals surface area contributed by atoms with Gasteiger partial charge in [-0.3, -0.25) is 9.59 Å². The van der Waals surface area contributed by atoms with Crippen molar-refractivity contribution in [3.05, 3.63) is 0 Å². The van der Waals surface area contributed by atoms with Crippen LogP contribution in [-0.2, 0) is 9.59 Å². The zero-order chi connectivity index (χ0) is 14.0. The molecule has 2 fully saturated rings. The van der Waals surface area contributed by atoms with Crippen molar-refractivity contribution >= 4 is 11.8 Å². The Morgan fingerprint density at radius 2 is 2.00 bits per heavy atom. The SMILES string of the molecule is CC(C)(CC(N)=O)NC(=O)C1CC2CCCCC2N1. The summed E-state index contributed by atoms with van der Waals surface area (Å²) in [6.07, 6.45) is 6.03. The Kier molecular flexibility index (Phi) is 4.13. The lowest BCUT2D eigenvalue weighted by molar-refractivity contribution is -0.125. The van der Waals surface area contributed by atoms with Gasteiger partial charge >= 0.3 is 0 Å². The molecule has 1 saturated heterocycles. The predicted octanol–water partition coefficient (Wildman–Crippen LogP) is 0.677. The fraction of sp³-hybridized carbons (Fsp3) is 0.857. The highest BCUT2D eigenvalue weighted by atomic mass is 16.2. The second-order valence-electron chi connectivity index (χ2n) is 6.62. The van der Waals surface area contributed by atoms with Crippen LogP contribution in [0.15, 0.2) is 0 Å². The van der Waals surface area contributed by atoms with Crippen molar-refractivity contribution in [2.24, 2.45) is 11.7 Å². The molecule has 2 rings (SSSR count). The van der Waals surface area contributed by atoms with E-state index < -0.39 is 11.4 Å². The molecule has 4 N–H and O–H groups in total. The van der Waals surface area contributed by atoms with E-state index in [1.807, 2.05) is 13.8 Å². The minimum Gasteiger partial charge on any atom is -0.370 e. The van der Waals surface area contributed by atoms with E-state index in [4.69, 9.17) is 5.73 Å². The molecule has 0 aromatic carbocycles. The zero-order valence-corrected chi connectivity index (χ0v) is 11.9. The average molecular weight is 267 g/mol. The van der Waals surface area contributed by atoms with E-state index in [1.165, 1.54) is 25.7 Å². The number of hydrogen-bond donors (Lipinski definition) is 3. The Balaban J connectivity index is 1.88. The van der Waals surface area contributed by atoms with Crippen LogP contribution in [0.25, 0.3) is 0 Å². The van der Waals surface area contributed by atoms with Gasteiger partial charge < -0.3 is 16.4 Å².